The number of nitrogens with one attached hydrogen (secondary N) is 1. The summed E-state index contributed by atoms with van der Waals surface area (Å²) in [5.41, 5.74) is 0.429. The number of rotatable bonds is 7. The molecule has 0 fully saturated rings. The lowest BCUT2D eigenvalue weighted by Gasteiger charge is -2.07. The van der Waals surface area contributed by atoms with E-state index in [0.717, 1.165) is 10.5 Å². The van der Waals surface area contributed by atoms with E-state index in [-0.39, 0.29) is 21.9 Å². The highest BCUT2D eigenvalue weighted by atomic mass is 79.9. The largest absolute Gasteiger partial charge is 0.379 e. The Hall–Kier alpha value is -4.01. The molecule has 0 saturated heterocycles. The third-order valence-corrected chi connectivity index (χ3v) is 5.95. The number of nitrogens with zero attached hydrogens (tertiary/aromatic N) is 2. The molecule has 0 heterocycles. The normalized spacial score (nSPS) is 11.3. The van der Waals surface area contributed by atoms with E-state index in [1.165, 1.54) is 48.5 Å². The van der Waals surface area contributed by atoms with Crippen molar-refractivity contribution >= 4 is 49.4 Å². The Bertz CT molecular complexity index is 1380. The third-order valence-electron chi connectivity index (χ3n) is 4.18. The average molecular weight is 528 g/mol. The molecule has 0 atom stereocenters. The molecule has 1 N–H and O–H groups in total. The van der Waals surface area contributed by atoms with Crippen molar-refractivity contribution in [2.75, 3.05) is 5.32 Å². The van der Waals surface area contributed by atoms with Gasteiger partial charge >= 0.3 is 10.1 Å². The van der Waals surface area contributed by atoms with Gasteiger partial charge in [-0.15, -0.1) is 0 Å². The van der Waals surface area contributed by atoms with Crippen LogP contribution < -0.4 is 9.50 Å². The first-order valence-electron chi connectivity index (χ1n) is 9.16. The summed E-state index contributed by atoms with van der Waals surface area (Å²) < 4.78 is 30.7. The van der Waals surface area contributed by atoms with Gasteiger partial charge in [-0.3, -0.25) is 14.9 Å². The molecule has 9 nitrogen and oxygen atoms in total. The zero-order valence-corrected chi connectivity index (χ0v) is 19.0. The molecule has 166 valence electrons. The van der Waals surface area contributed by atoms with Crippen LogP contribution in [-0.2, 0) is 14.9 Å². The quantitative estimate of drug-likeness (QED) is 0.155. The molecule has 0 aliphatic heterocycles. The van der Waals surface area contributed by atoms with Gasteiger partial charge in [0, 0.05) is 22.3 Å². The summed E-state index contributed by atoms with van der Waals surface area (Å²) in [6, 6.07) is 18.7. The first-order chi connectivity index (χ1) is 15.7. The van der Waals surface area contributed by atoms with Crippen LogP contribution in [0.15, 0.2) is 87.7 Å². The zero-order valence-electron chi connectivity index (χ0n) is 16.6. The number of halogens is 1. The minimum absolute atomic E-state index is 0.0449. The van der Waals surface area contributed by atoms with Crippen LogP contribution in [0.3, 0.4) is 0 Å². The summed E-state index contributed by atoms with van der Waals surface area (Å²) in [6.07, 6.45) is 1.34. The van der Waals surface area contributed by atoms with Gasteiger partial charge in [0.15, 0.2) is 0 Å². The van der Waals surface area contributed by atoms with Gasteiger partial charge < -0.3 is 9.50 Å². The molecule has 0 spiro atoms. The predicted octanol–water partition coefficient (Wildman–Crippen LogP) is 4.67. The molecular weight excluding hydrogens is 514 g/mol. The van der Waals surface area contributed by atoms with Crippen LogP contribution in [0.1, 0.15) is 5.56 Å². The number of non-ortho nitro benzene ring substituents is 1. The van der Waals surface area contributed by atoms with E-state index >= 15 is 0 Å². The lowest BCUT2D eigenvalue weighted by atomic mass is 10.1. The van der Waals surface area contributed by atoms with E-state index in [0.29, 0.717) is 11.3 Å². The Kier molecular flexibility index (Phi) is 7.22. The smallest absolute Gasteiger partial charge is 0.339 e. The lowest BCUT2D eigenvalue weighted by molar-refractivity contribution is -0.385. The molecule has 0 aromatic heterocycles. The van der Waals surface area contributed by atoms with E-state index in [1.54, 1.807) is 24.3 Å². The minimum Gasteiger partial charge on any atom is -0.379 e. The molecule has 0 unspecified atom stereocenters. The van der Waals surface area contributed by atoms with Crippen LogP contribution in [0.2, 0.25) is 0 Å². The number of carbonyl (C=O) groups is 1. The van der Waals surface area contributed by atoms with Gasteiger partial charge in [-0.05, 0) is 54.1 Å². The summed E-state index contributed by atoms with van der Waals surface area (Å²) in [6.45, 7) is 0. The Balaban J connectivity index is 1.74. The number of carbonyl (C=O) groups excluding carboxylic acids is 1. The Morgan fingerprint density at radius 3 is 2.36 bits per heavy atom. The molecule has 0 radical (unpaired) electrons. The van der Waals surface area contributed by atoms with Gasteiger partial charge in [0.2, 0.25) is 0 Å². The molecule has 0 bridgehead atoms. The third kappa shape index (κ3) is 6.25. The lowest BCUT2D eigenvalue weighted by Crippen LogP contribution is -2.13. The fourth-order valence-electron chi connectivity index (χ4n) is 2.59. The number of benzene rings is 3. The number of anilines is 1. The fourth-order valence-corrected chi connectivity index (χ4v) is 3.83. The van der Waals surface area contributed by atoms with Gasteiger partial charge in [-0.1, -0.05) is 34.1 Å². The van der Waals surface area contributed by atoms with E-state index < -0.39 is 20.9 Å². The number of nitro groups is 1. The number of hydrogen-bond acceptors (Lipinski definition) is 7. The van der Waals surface area contributed by atoms with Crippen LogP contribution >= 0.6 is 15.9 Å². The van der Waals surface area contributed by atoms with E-state index in [4.69, 9.17) is 4.18 Å². The van der Waals surface area contributed by atoms with Crippen molar-refractivity contribution in [2.45, 2.75) is 4.90 Å². The van der Waals surface area contributed by atoms with Gasteiger partial charge in [-0.25, -0.2) is 0 Å². The topological polar surface area (TPSA) is 139 Å². The van der Waals surface area contributed by atoms with Crippen molar-refractivity contribution in [1.82, 2.24) is 0 Å². The maximum absolute atomic E-state index is 12.4. The van der Waals surface area contributed by atoms with E-state index in [1.807, 2.05) is 6.07 Å². The van der Waals surface area contributed by atoms with Gasteiger partial charge in [0.25, 0.3) is 11.6 Å². The molecule has 0 aliphatic rings. The highest BCUT2D eigenvalue weighted by Crippen LogP contribution is 2.23. The molecule has 3 rings (SSSR count). The first-order valence-corrected chi connectivity index (χ1v) is 11.4. The monoisotopic (exact) mass is 527 g/mol. The second-order valence-corrected chi connectivity index (χ2v) is 8.95. The second-order valence-electron chi connectivity index (χ2n) is 6.49. The standard InChI is InChI=1S/C22H14BrN3O6S/c23-17-6-8-18(9-7-17)25-22(27)16(14-24)12-15-4-10-20(11-5-15)32-33(30,31)21-3-1-2-19(13-21)26(28)29/h1-13H,(H,25,27)/b16-12-. The van der Waals surface area contributed by atoms with Crippen molar-refractivity contribution < 1.29 is 22.3 Å². The van der Waals surface area contributed by atoms with Gasteiger partial charge in [0.05, 0.1) is 4.92 Å². The maximum atomic E-state index is 12.4. The number of amides is 1. The minimum atomic E-state index is -4.30. The Morgan fingerprint density at radius 2 is 1.76 bits per heavy atom. The summed E-state index contributed by atoms with van der Waals surface area (Å²) >= 11 is 3.29. The van der Waals surface area contributed by atoms with Crippen molar-refractivity contribution in [1.29, 1.82) is 5.26 Å². The number of nitriles is 1. The van der Waals surface area contributed by atoms with Crippen molar-refractivity contribution in [3.63, 3.8) is 0 Å². The highest BCUT2D eigenvalue weighted by molar-refractivity contribution is 9.10. The van der Waals surface area contributed by atoms with Crippen molar-refractivity contribution in [3.8, 4) is 11.8 Å². The molecule has 0 saturated carbocycles. The Labute approximate surface area is 197 Å². The average Bonchev–Trinajstić information content (AvgIpc) is 2.80. The molecule has 1 amide bonds. The molecule has 3 aromatic carbocycles. The van der Waals surface area contributed by atoms with Crippen molar-refractivity contribution in [3.05, 3.63) is 98.5 Å². The molecule has 3 aromatic rings. The highest BCUT2D eigenvalue weighted by Gasteiger charge is 2.20. The Morgan fingerprint density at radius 1 is 1.09 bits per heavy atom. The number of nitro benzene ring substituents is 1. The van der Waals surface area contributed by atoms with Crippen LogP contribution in [0.25, 0.3) is 6.08 Å². The molecule has 33 heavy (non-hydrogen) atoms. The van der Waals surface area contributed by atoms with Gasteiger partial charge in [-0.2, -0.15) is 13.7 Å². The predicted molar refractivity (Wildman–Crippen MR) is 124 cm³/mol. The number of hydrogen-bond donors (Lipinski definition) is 1. The summed E-state index contributed by atoms with van der Waals surface area (Å²) in [5, 5.41) is 22.8. The fraction of sp³-hybridized carbons (Fsp3) is 0. The molecule has 11 heteroatoms. The first kappa shape index (κ1) is 23.6. The van der Waals surface area contributed by atoms with Crippen LogP contribution in [0.4, 0.5) is 11.4 Å². The summed E-state index contributed by atoms with van der Waals surface area (Å²) in [4.78, 5) is 22.1. The second kappa shape index (κ2) is 10.1. The summed E-state index contributed by atoms with van der Waals surface area (Å²) in [5.74, 6) is -0.648. The van der Waals surface area contributed by atoms with E-state index in [9.17, 15) is 28.6 Å². The van der Waals surface area contributed by atoms with Crippen LogP contribution in [0, 0.1) is 21.4 Å². The van der Waals surface area contributed by atoms with Crippen molar-refractivity contribution in [2.24, 2.45) is 0 Å². The van der Waals surface area contributed by atoms with E-state index in [2.05, 4.69) is 21.2 Å². The zero-order chi connectivity index (χ0) is 24.0. The van der Waals surface area contributed by atoms with Crippen LogP contribution in [0.5, 0.6) is 5.75 Å². The SMILES string of the molecule is N#C/C(=C/c1ccc(OS(=O)(=O)c2cccc([N+](=O)[O-])c2)cc1)C(=O)Nc1ccc(Br)cc1. The molecule has 0 aliphatic carbocycles. The maximum Gasteiger partial charge on any atom is 0.339 e. The summed E-state index contributed by atoms with van der Waals surface area (Å²) in [7, 11) is -4.30. The van der Waals surface area contributed by atoms with Gasteiger partial charge in [0.1, 0.15) is 22.3 Å². The molecular formula is C22H14BrN3O6S. The van der Waals surface area contributed by atoms with Crippen LogP contribution in [-0.4, -0.2) is 19.2 Å².